The fourth-order valence-electron chi connectivity index (χ4n) is 2.71. The molecule has 0 bridgehead atoms. The number of carbonyl (C=O) groups is 2. The number of rotatable bonds is 10. The Morgan fingerprint density at radius 3 is 2.43 bits per heavy atom. The Bertz CT molecular complexity index is 938. The second kappa shape index (κ2) is 10.7. The molecule has 0 aliphatic heterocycles. The molecule has 1 aromatic heterocycles. The van der Waals surface area contributed by atoms with E-state index in [-0.39, 0.29) is 18.4 Å². The Hall–Kier alpha value is -3.81. The van der Waals surface area contributed by atoms with Crippen LogP contribution in [0.15, 0.2) is 67.3 Å². The van der Waals surface area contributed by atoms with Crippen molar-refractivity contribution in [2.75, 3.05) is 25.6 Å². The van der Waals surface area contributed by atoms with Crippen molar-refractivity contribution in [1.29, 1.82) is 0 Å². The van der Waals surface area contributed by atoms with Crippen LogP contribution in [-0.2, 0) is 11.3 Å². The molecular formula is C22H24N4O4. The van der Waals surface area contributed by atoms with Crippen LogP contribution in [0.2, 0.25) is 0 Å². The number of hydrogen-bond donors (Lipinski definition) is 2. The van der Waals surface area contributed by atoms with Gasteiger partial charge in [-0.1, -0.05) is 0 Å². The number of methoxy groups -OCH3 is 1. The number of aryl methyl sites for hydroxylation is 1. The summed E-state index contributed by atoms with van der Waals surface area (Å²) in [6.07, 6.45) is 6.17. The zero-order valence-corrected chi connectivity index (χ0v) is 16.7. The van der Waals surface area contributed by atoms with E-state index in [1.54, 1.807) is 68.2 Å². The summed E-state index contributed by atoms with van der Waals surface area (Å²) in [6.45, 7) is 1.23. The third-order valence-corrected chi connectivity index (χ3v) is 4.30. The summed E-state index contributed by atoms with van der Waals surface area (Å²) in [7, 11) is 1.58. The number of nitrogens with one attached hydrogen (secondary N) is 2. The molecular weight excluding hydrogens is 384 g/mol. The van der Waals surface area contributed by atoms with E-state index in [0.717, 1.165) is 13.0 Å². The second-order valence-corrected chi connectivity index (χ2v) is 6.50. The lowest BCUT2D eigenvalue weighted by Gasteiger charge is -2.09. The van der Waals surface area contributed by atoms with Gasteiger partial charge in [0.1, 0.15) is 11.5 Å². The highest BCUT2D eigenvalue weighted by atomic mass is 16.5. The lowest BCUT2D eigenvalue weighted by atomic mass is 10.2. The first kappa shape index (κ1) is 20.9. The summed E-state index contributed by atoms with van der Waals surface area (Å²) in [5.74, 6) is 0.799. The van der Waals surface area contributed by atoms with Crippen LogP contribution in [0.25, 0.3) is 0 Å². The second-order valence-electron chi connectivity index (χ2n) is 6.50. The van der Waals surface area contributed by atoms with E-state index in [2.05, 4.69) is 15.6 Å². The van der Waals surface area contributed by atoms with E-state index >= 15 is 0 Å². The fraction of sp³-hybridized carbons (Fsp3) is 0.227. The summed E-state index contributed by atoms with van der Waals surface area (Å²) in [5.41, 5.74) is 1.19. The van der Waals surface area contributed by atoms with Crippen molar-refractivity contribution in [3.8, 4) is 11.5 Å². The molecule has 8 heteroatoms. The number of carbonyl (C=O) groups excluding carboxylic acids is 2. The van der Waals surface area contributed by atoms with Gasteiger partial charge >= 0.3 is 0 Å². The number of benzene rings is 2. The number of hydrogen-bond acceptors (Lipinski definition) is 5. The van der Waals surface area contributed by atoms with Gasteiger partial charge in [-0.05, 0) is 55.0 Å². The summed E-state index contributed by atoms with van der Waals surface area (Å²) >= 11 is 0. The van der Waals surface area contributed by atoms with Crippen molar-refractivity contribution in [2.24, 2.45) is 0 Å². The average molecular weight is 408 g/mol. The summed E-state index contributed by atoms with van der Waals surface area (Å²) in [6, 6.07) is 13.7. The molecule has 0 saturated carbocycles. The molecule has 2 N–H and O–H groups in total. The molecule has 0 fully saturated rings. The number of nitrogens with zero attached hydrogens (tertiary/aromatic N) is 2. The van der Waals surface area contributed by atoms with Gasteiger partial charge in [0.25, 0.3) is 11.8 Å². The maximum atomic E-state index is 12.2. The van der Waals surface area contributed by atoms with Gasteiger partial charge in [-0.15, -0.1) is 0 Å². The highest BCUT2D eigenvalue weighted by Gasteiger charge is 2.07. The van der Waals surface area contributed by atoms with Crippen molar-refractivity contribution in [3.05, 3.63) is 72.8 Å². The molecule has 3 rings (SSSR count). The standard InChI is InChI=1S/C22H24N4O4/c1-29-19-9-5-18(6-10-19)25-21(27)15-30-20-7-3-17(4-8-20)22(28)24-11-2-13-26-14-12-23-16-26/h3-10,12,14,16H,2,11,13,15H2,1H3,(H,24,28)(H,25,27). The van der Waals surface area contributed by atoms with Crippen LogP contribution >= 0.6 is 0 Å². The van der Waals surface area contributed by atoms with Crippen LogP contribution in [-0.4, -0.2) is 41.6 Å². The van der Waals surface area contributed by atoms with Crippen molar-refractivity contribution >= 4 is 17.5 Å². The summed E-state index contributed by atoms with van der Waals surface area (Å²) in [5, 5.41) is 5.62. The predicted octanol–water partition coefficient (Wildman–Crippen LogP) is 2.73. The Morgan fingerprint density at radius 1 is 1.03 bits per heavy atom. The van der Waals surface area contributed by atoms with Crippen molar-refractivity contribution < 1.29 is 19.1 Å². The molecule has 0 spiro atoms. The van der Waals surface area contributed by atoms with Crippen LogP contribution in [0, 0.1) is 0 Å². The number of anilines is 1. The van der Waals surface area contributed by atoms with E-state index in [9.17, 15) is 9.59 Å². The molecule has 8 nitrogen and oxygen atoms in total. The molecule has 0 unspecified atom stereocenters. The van der Waals surface area contributed by atoms with Crippen LogP contribution in [0.4, 0.5) is 5.69 Å². The number of aromatic nitrogens is 2. The zero-order valence-electron chi connectivity index (χ0n) is 16.7. The molecule has 0 saturated heterocycles. The van der Waals surface area contributed by atoms with Gasteiger partial charge in [0.2, 0.25) is 0 Å². The van der Waals surface area contributed by atoms with Crippen molar-refractivity contribution in [2.45, 2.75) is 13.0 Å². The molecule has 30 heavy (non-hydrogen) atoms. The smallest absolute Gasteiger partial charge is 0.262 e. The Balaban J connectivity index is 1.38. The Labute approximate surface area is 174 Å². The topological polar surface area (TPSA) is 94.5 Å². The minimum Gasteiger partial charge on any atom is -0.497 e. The fourth-order valence-corrected chi connectivity index (χ4v) is 2.71. The third kappa shape index (κ3) is 6.37. The number of imidazole rings is 1. The first-order valence-electron chi connectivity index (χ1n) is 9.55. The highest BCUT2D eigenvalue weighted by Crippen LogP contribution is 2.15. The summed E-state index contributed by atoms with van der Waals surface area (Å²) < 4.78 is 12.5. The quantitative estimate of drug-likeness (QED) is 0.503. The monoisotopic (exact) mass is 408 g/mol. The maximum Gasteiger partial charge on any atom is 0.262 e. The molecule has 3 aromatic rings. The van der Waals surface area contributed by atoms with E-state index in [1.807, 2.05) is 10.8 Å². The van der Waals surface area contributed by atoms with Gasteiger partial charge in [0, 0.05) is 36.7 Å². The van der Waals surface area contributed by atoms with E-state index < -0.39 is 0 Å². The molecule has 2 amide bonds. The highest BCUT2D eigenvalue weighted by molar-refractivity contribution is 5.94. The Morgan fingerprint density at radius 2 is 1.77 bits per heavy atom. The van der Waals surface area contributed by atoms with E-state index in [0.29, 0.717) is 29.3 Å². The van der Waals surface area contributed by atoms with Crippen LogP contribution in [0.5, 0.6) is 11.5 Å². The maximum absolute atomic E-state index is 12.2. The predicted molar refractivity (Wildman–Crippen MR) is 113 cm³/mol. The molecule has 0 aliphatic rings. The first-order chi connectivity index (χ1) is 14.6. The van der Waals surface area contributed by atoms with E-state index in [1.165, 1.54) is 0 Å². The Kier molecular flexibility index (Phi) is 7.43. The molecule has 2 aromatic carbocycles. The van der Waals surface area contributed by atoms with Crippen molar-refractivity contribution in [3.63, 3.8) is 0 Å². The van der Waals surface area contributed by atoms with Crippen LogP contribution in [0.3, 0.4) is 0 Å². The van der Waals surface area contributed by atoms with Gasteiger partial charge in [-0.3, -0.25) is 9.59 Å². The van der Waals surface area contributed by atoms with Gasteiger partial charge < -0.3 is 24.7 Å². The zero-order chi connectivity index (χ0) is 21.2. The molecule has 0 radical (unpaired) electrons. The molecule has 156 valence electrons. The normalized spacial score (nSPS) is 10.3. The van der Waals surface area contributed by atoms with Crippen LogP contribution < -0.4 is 20.1 Å². The van der Waals surface area contributed by atoms with Crippen molar-refractivity contribution in [1.82, 2.24) is 14.9 Å². The number of ether oxygens (including phenoxy) is 2. The molecule has 0 atom stereocenters. The van der Waals surface area contributed by atoms with Gasteiger partial charge in [-0.25, -0.2) is 4.98 Å². The van der Waals surface area contributed by atoms with Gasteiger partial charge in [0.15, 0.2) is 6.61 Å². The summed E-state index contributed by atoms with van der Waals surface area (Å²) in [4.78, 5) is 28.2. The number of amides is 2. The lowest BCUT2D eigenvalue weighted by Crippen LogP contribution is -2.25. The minimum absolute atomic E-state index is 0.133. The largest absolute Gasteiger partial charge is 0.497 e. The SMILES string of the molecule is COc1ccc(NC(=O)COc2ccc(C(=O)NCCCn3ccnc3)cc2)cc1. The van der Waals surface area contributed by atoms with Crippen LogP contribution in [0.1, 0.15) is 16.8 Å². The average Bonchev–Trinajstić information content (AvgIpc) is 3.29. The molecule has 1 heterocycles. The minimum atomic E-state index is -0.278. The van der Waals surface area contributed by atoms with Gasteiger partial charge in [0.05, 0.1) is 13.4 Å². The van der Waals surface area contributed by atoms with E-state index in [4.69, 9.17) is 9.47 Å². The lowest BCUT2D eigenvalue weighted by molar-refractivity contribution is -0.118. The third-order valence-electron chi connectivity index (χ3n) is 4.30. The molecule has 0 aliphatic carbocycles. The van der Waals surface area contributed by atoms with Gasteiger partial charge in [-0.2, -0.15) is 0 Å². The first-order valence-corrected chi connectivity index (χ1v) is 9.55.